The molecule has 2 N–H and O–H groups in total. The predicted octanol–water partition coefficient (Wildman–Crippen LogP) is 2.82. The number of rotatable bonds is 1. The molecule has 3 rings (SSSR count). The van der Waals surface area contributed by atoms with Gasteiger partial charge >= 0.3 is 0 Å². The monoisotopic (exact) mass is 261 g/mol. The number of benzene rings is 1. The summed E-state index contributed by atoms with van der Waals surface area (Å²) in [7, 11) is 0. The molecule has 1 aliphatic rings. The standard InChI is InChI=1S/C14H16ClN3/c15-12-3-4-13(14-11(12)2-1-7-17-14)18-8-5-10(16)6-9-18/h1-4,7,10H,5-6,8-9,16H2. The summed E-state index contributed by atoms with van der Waals surface area (Å²) in [4.78, 5) is 6.84. The van der Waals surface area contributed by atoms with Crippen molar-refractivity contribution in [3.05, 3.63) is 35.5 Å². The highest BCUT2D eigenvalue weighted by molar-refractivity contribution is 6.35. The molecule has 4 heteroatoms. The van der Waals surface area contributed by atoms with Crippen molar-refractivity contribution in [2.75, 3.05) is 18.0 Å². The van der Waals surface area contributed by atoms with Crippen molar-refractivity contribution in [1.82, 2.24) is 4.98 Å². The summed E-state index contributed by atoms with van der Waals surface area (Å²) >= 11 is 6.21. The molecule has 3 nitrogen and oxygen atoms in total. The van der Waals surface area contributed by atoms with Crippen LogP contribution in [-0.4, -0.2) is 24.1 Å². The van der Waals surface area contributed by atoms with E-state index >= 15 is 0 Å². The van der Waals surface area contributed by atoms with Crippen LogP contribution in [0.4, 0.5) is 5.69 Å². The zero-order valence-corrected chi connectivity index (χ0v) is 10.9. The van der Waals surface area contributed by atoms with Gasteiger partial charge in [-0.2, -0.15) is 0 Å². The molecule has 0 atom stereocenters. The summed E-state index contributed by atoms with van der Waals surface area (Å²) in [6, 6.07) is 8.30. The molecule has 1 aliphatic heterocycles. The Bertz CT molecular complexity index is 562. The highest BCUT2D eigenvalue weighted by Crippen LogP contribution is 2.31. The van der Waals surface area contributed by atoms with E-state index in [0.29, 0.717) is 6.04 Å². The molecular formula is C14H16ClN3. The molecule has 1 aromatic heterocycles. The molecule has 0 amide bonds. The summed E-state index contributed by atoms with van der Waals surface area (Å²) in [6.07, 6.45) is 3.89. The van der Waals surface area contributed by atoms with Gasteiger partial charge in [-0.1, -0.05) is 11.6 Å². The van der Waals surface area contributed by atoms with E-state index in [-0.39, 0.29) is 0 Å². The van der Waals surface area contributed by atoms with Gasteiger partial charge in [-0.3, -0.25) is 4.98 Å². The molecular weight excluding hydrogens is 246 g/mol. The van der Waals surface area contributed by atoms with E-state index in [1.165, 1.54) is 5.69 Å². The van der Waals surface area contributed by atoms with Gasteiger partial charge in [-0.25, -0.2) is 0 Å². The Morgan fingerprint density at radius 3 is 2.78 bits per heavy atom. The number of nitrogens with two attached hydrogens (primary N) is 1. The zero-order chi connectivity index (χ0) is 12.5. The first-order valence-electron chi connectivity index (χ1n) is 6.29. The summed E-state index contributed by atoms with van der Waals surface area (Å²) in [5.41, 5.74) is 8.10. The second-order valence-electron chi connectivity index (χ2n) is 4.79. The number of pyridine rings is 1. The van der Waals surface area contributed by atoms with Gasteiger partial charge < -0.3 is 10.6 Å². The maximum Gasteiger partial charge on any atom is 0.0950 e. The molecule has 94 valence electrons. The van der Waals surface area contributed by atoms with Gasteiger partial charge in [0, 0.05) is 30.7 Å². The number of fused-ring (bicyclic) bond motifs is 1. The van der Waals surface area contributed by atoms with Crippen LogP contribution in [0.25, 0.3) is 10.9 Å². The van der Waals surface area contributed by atoms with Crippen LogP contribution >= 0.6 is 11.6 Å². The van der Waals surface area contributed by atoms with Crippen LogP contribution in [0.3, 0.4) is 0 Å². The van der Waals surface area contributed by atoms with E-state index in [1.807, 2.05) is 24.4 Å². The van der Waals surface area contributed by atoms with Gasteiger partial charge in [0.2, 0.25) is 0 Å². The van der Waals surface area contributed by atoms with Gasteiger partial charge in [0.1, 0.15) is 0 Å². The Morgan fingerprint density at radius 2 is 2.00 bits per heavy atom. The third kappa shape index (κ3) is 2.04. The first-order chi connectivity index (χ1) is 8.75. The fraction of sp³-hybridized carbons (Fsp3) is 0.357. The molecule has 0 bridgehead atoms. The molecule has 0 aliphatic carbocycles. The van der Waals surface area contributed by atoms with Crippen molar-refractivity contribution in [2.24, 2.45) is 5.73 Å². The summed E-state index contributed by atoms with van der Waals surface area (Å²) < 4.78 is 0. The van der Waals surface area contributed by atoms with Gasteiger partial charge in [-0.15, -0.1) is 0 Å². The van der Waals surface area contributed by atoms with Crippen LogP contribution in [0.1, 0.15) is 12.8 Å². The Hall–Kier alpha value is -1.32. The lowest BCUT2D eigenvalue weighted by Crippen LogP contribution is -2.39. The van der Waals surface area contributed by atoms with Crippen LogP contribution in [0, 0.1) is 0 Å². The minimum atomic E-state index is 0.341. The van der Waals surface area contributed by atoms with E-state index < -0.39 is 0 Å². The van der Waals surface area contributed by atoms with Crippen LogP contribution < -0.4 is 10.6 Å². The number of anilines is 1. The number of nitrogens with zero attached hydrogens (tertiary/aromatic N) is 2. The number of halogens is 1. The number of aromatic nitrogens is 1. The van der Waals surface area contributed by atoms with Crippen molar-refractivity contribution < 1.29 is 0 Å². The molecule has 1 fully saturated rings. The van der Waals surface area contributed by atoms with Crippen LogP contribution in [0.5, 0.6) is 0 Å². The van der Waals surface area contributed by atoms with Crippen molar-refractivity contribution in [1.29, 1.82) is 0 Å². The van der Waals surface area contributed by atoms with Crippen molar-refractivity contribution in [3.8, 4) is 0 Å². The Labute approximate surface area is 112 Å². The Balaban J connectivity index is 2.04. The van der Waals surface area contributed by atoms with Gasteiger partial charge in [0.05, 0.1) is 16.2 Å². The number of hydrogen-bond donors (Lipinski definition) is 1. The molecule has 1 aromatic carbocycles. The summed E-state index contributed by atoms with van der Waals surface area (Å²) in [5.74, 6) is 0. The average Bonchev–Trinajstić information content (AvgIpc) is 2.41. The SMILES string of the molecule is NC1CCN(c2ccc(Cl)c3cccnc23)CC1. The largest absolute Gasteiger partial charge is 0.370 e. The van der Waals surface area contributed by atoms with E-state index in [4.69, 9.17) is 17.3 Å². The molecule has 2 aromatic rings. The first kappa shape index (κ1) is 11.8. The molecule has 18 heavy (non-hydrogen) atoms. The van der Waals surface area contributed by atoms with Crippen LogP contribution in [-0.2, 0) is 0 Å². The number of piperidine rings is 1. The lowest BCUT2D eigenvalue weighted by atomic mass is 10.0. The quantitative estimate of drug-likeness (QED) is 0.858. The maximum absolute atomic E-state index is 6.21. The molecule has 1 saturated heterocycles. The maximum atomic E-state index is 6.21. The molecule has 0 unspecified atom stereocenters. The topological polar surface area (TPSA) is 42.1 Å². The average molecular weight is 262 g/mol. The number of hydrogen-bond acceptors (Lipinski definition) is 3. The van der Waals surface area contributed by atoms with Gasteiger partial charge in [0.15, 0.2) is 0 Å². The lowest BCUT2D eigenvalue weighted by Gasteiger charge is -2.32. The van der Waals surface area contributed by atoms with E-state index in [0.717, 1.165) is 41.9 Å². The zero-order valence-electron chi connectivity index (χ0n) is 10.1. The van der Waals surface area contributed by atoms with E-state index in [9.17, 15) is 0 Å². The van der Waals surface area contributed by atoms with E-state index in [2.05, 4.69) is 16.0 Å². The predicted molar refractivity (Wildman–Crippen MR) is 76.2 cm³/mol. The normalized spacial score (nSPS) is 17.3. The first-order valence-corrected chi connectivity index (χ1v) is 6.67. The van der Waals surface area contributed by atoms with E-state index in [1.54, 1.807) is 0 Å². The van der Waals surface area contributed by atoms with Crippen molar-refractivity contribution in [2.45, 2.75) is 18.9 Å². The highest BCUT2D eigenvalue weighted by atomic mass is 35.5. The van der Waals surface area contributed by atoms with Crippen LogP contribution in [0.15, 0.2) is 30.5 Å². The van der Waals surface area contributed by atoms with Gasteiger partial charge in [-0.05, 0) is 37.1 Å². The van der Waals surface area contributed by atoms with Crippen molar-refractivity contribution >= 4 is 28.2 Å². The fourth-order valence-corrected chi connectivity index (χ4v) is 2.73. The fourth-order valence-electron chi connectivity index (χ4n) is 2.52. The smallest absolute Gasteiger partial charge is 0.0950 e. The summed E-state index contributed by atoms with van der Waals surface area (Å²) in [6.45, 7) is 1.99. The minimum Gasteiger partial charge on any atom is -0.370 e. The molecule has 0 radical (unpaired) electrons. The second-order valence-corrected chi connectivity index (χ2v) is 5.20. The van der Waals surface area contributed by atoms with Gasteiger partial charge in [0.25, 0.3) is 0 Å². The lowest BCUT2D eigenvalue weighted by molar-refractivity contribution is 0.502. The molecule has 0 spiro atoms. The van der Waals surface area contributed by atoms with Crippen molar-refractivity contribution in [3.63, 3.8) is 0 Å². The third-order valence-corrected chi connectivity index (χ3v) is 3.91. The summed E-state index contributed by atoms with van der Waals surface area (Å²) in [5, 5.41) is 1.78. The molecule has 0 saturated carbocycles. The Kier molecular flexibility index (Phi) is 3.10. The Morgan fingerprint density at radius 1 is 1.22 bits per heavy atom. The highest BCUT2D eigenvalue weighted by Gasteiger charge is 2.18. The second kappa shape index (κ2) is 4.75. The molecule has 2 heterocycles. The van der Waals surface area contributed by atoms with Crippen LogP contribution in [0.2, 0.25) is 5.02 Å². The third-order valence-electron chi connectivity index (χ3n) is 3.58. The minimum absolute atomic E-state index is 0.341.